The van der Waals surface area contributed by atoms with Crippen LogP contribution in [0, 0.1) is 0 Å². The summed E-state index contributed by atoms with van der Waals surface area (Å²) in [7, 11) is 2.04. The molecule has 3 aromatic rings. The number of pyridine rings is 3. The maximum Gasteiger partial charge on any atom is 0.255 e. The number of anilines is 3. The van der Waals surface area contributed by atoms with Crippen LogP contribution in [0.25, 0.3) is 10.9 Å². The summed E-state index contributed by atoms with van der Waals surface area (Å²) in [5.74, 6) is 1.26. The highest BCUT2D eigenvalue weighted by atomic mass is 16.1. The van der Waals surface area contributed by atoms with Gasteiger partial charge >= 0.3 is 0 Å². The molecule has 1 saturated carbocycles. The Hall–Kier alpha value is -3.26. The van der Waals surface area contributed by atoms with Gasteiger partial charge in [-0.15, -0.1) is 0 Å². The maximum atomic E-state index is 12.7. The predicted octanol–water partition coefficient (Wildman–Crippen LogP) is 3.41. The van der Waals surface area contributed by atoms with Crippen molar-refractivity contribution in [2.45, 2.75) is 38.8 Å². The van der Waals surface area contributed by atoms with Gasteiger partial charge in [0.05, 0.1) is 22.8 Å². The topological polar surface area (TPSA) is 95.1 Å². The Morgan fingerprint density at radius 2 is 1.87 bits per heavy atom. The van der Waals surface area contributed by atoms with Gasteiger partial charge in [-0.3, -0.25) is 9.78 Å². The van der Waals surface area contributed by atoms with Crippen molar-refractivity contribution in [2.24, 2.45) is 0 Å². The number of fused-ring (bicyclic) bond motifs is 1. The summed E-state index contributed by atoms with van der Waals surface area (Å²) in [6.45, 7) is 5.76. The SMILES string of the molecule is CC.CN1CC(NC(=O)c2cnc(Nc3ccc4cnccc4n3)cc2NC2CC2)C1. The van der Waals surface area contributed by atoms with Crippen molar-refractivity contribution < 1.29 is 4.79 Å². The van der Waals surface area contributed by atoms with Crippen LogP contribution in [0.1, 0.15) is 37.0 Å². The average Bonchev–Trinajstić information content (AvgIpc) is 3.58. The molecule has 8 heteroatoms. The van der Waals surface area contributed by atoms with Crippen LogP contribution in [0.2, 0.25) is 0 Å². The molecular weight excluding hydrogens is 390 g/mol. The summed E-state index contributed by atoms with van der Waals surface area (Å²) in [5.41, 5.74) is 2.25. The average molecular weight is 420 g/mol. The molecule has 1 aliphatic heterocycles. The Balaban J connectivity index is 0.00000112. The summed E-state index contributed by atoms with van der Waals surface area (Å²) in [6, 6.07) is 8.26. The van der Waals surface area contributed by atoms with E-state index in [1.54, 1.807) is 18.6 Å². The van der Waals surface area contributed by atoms with Crippen molar-refractivity contribution >= 4 is 34.1 Å². The zero-order chi connectivity index (χ0) is 21.8. The van der Waals surface area contributed by atoms with Crippen LogP contribution in [-0.4, -0.2) is 58.0 Å². The number of amides is 1. The highest BCUT2D eigenvalue weighted by Gasteiger charge is 2.28. The van der Waals surface area contributed by atoms with E-state index in [2.05, 4.69) is 35.8 Å². The van der Waals surface area contributed by atoms with Gasteiger partial charge < -0.3 is 20.9 Å². The monoisotopic (exact) mass is 419 g/mol. The molecule has 3 aromatic heterocycles. The zero-order valence-corrected chi connectivity index (χ0v) is 18.2. The van der Waals surface area contributed by atoms with E-state index in [-0.39, 0.29) is 11.9 Å². The molecule has 162 valence electrons. The Morgan fingerprint density at radius 1 is 1.06 bits per heavy atom. The van der Waals surface area contributed by atoms with Crippen LogP contribution in [-0.2, 0) is 0 Å². The second kappa shape index (κ2) is 9.26. The third-order valence-electron chi connectivity index (χ3n) is 5.23. The molecular formula is C23H29N7O. The molecule has 0 bridgehead atoms. The van der Waals surface area contributed by atoms with E-state index in [0.717, 1.165) is 42.5 Å². The smallest absolute Gasteiger partial charge is 0.255 e. The van der Waals surface area contributed by atoms with E-state index >= 15 is 0 Å². The Kier molecular flexibility index (Phi) is 6.27. The molecule has 0 spiro atoms. The van der Waals surface area contributed by atoms with Gasteiger partial charge in [0.25, 0.3) is 5.91 Å². The fourth-order valence-electron chi connectivity index (χ4n) is 3.49. The summed E-state index contributed by atoms with van der Waals surface area (Å²) < 4.78 is 0. The molecule has 0 aromatic carbocycles. The van der Waals surface area contributed by atoms with Gasteiger partial charge in [-0.05, 0) is 38.1 Å². The van der Waals surface area contributed by atoms with Crippen molar-refractivity contribution in [3.05, 3.63) is 48.4 Å². The van der Waals surface area contributed by atoms with E-state index in [1.807, 2.05) is 45.2 Å². The number of likely N-dealkylation sites (N-methyl/N-ethyl adjacent to an activating group) is 1. The number of hydrogen-bond donors (Lipinski definition) is 3. The van der Waals surface area contributed by atoms with Gasteiger partial charge in [-0.2, -0.15) is 0 Å². The molecule has 8 nitrogen and oxygen atoms in total. The predicted molar refractivity (Wildman–Crippen MR) is 124 cm³/mol. The molecule has 5 rings (SSSR count). The molecule has 2 fully saturated rings. The molecule has 1 amide bonds. The first-order valence-corrected chi connectivity index (χ1v) is 10.9. The van der Waals surface area contributed by atoms with Crippen molar-refractivity contribution in [3.63, 3.8) is 0 Å². The first-order chi connectivity index (χ1) is 15.1. The van der Waals surface area contributed by atoms with Crippen molar-refractivity contribution in [2.75, 3.05) is 30.8 Å². The highest BCUT2D eigenvalue weighted by Crippen LogP contribution is 2.29. The lowest BCUT2D eigenvalue weighted by atomic mass is 10.1. The molecule has 31 heavy (non-hydrogen) atoms. The number of likely N-dealkylation sites (tertiary alicyclic amines) is 1. The standard InChI is InChI=1S/C21H23N7O.C2H6/c1-28-11-15(12-28)25-21(29)16-10-23-20(8-18(16)24-14-3-4-14)27-19-5-2-13-9-22-7-6-17(13)26-19;1-2/h2,5-10,14-15H,3-4,11-12H2,1H3,(H,25,29)(H2,23,24,26,27);1-2H3. The normalized spacial score (nSPS) is 16.1. The van der Waals surface area contributed by atoms with Crippen LogP contribution >= 0.6 is 0 Å². The van der Waals surface area contributed by atoms with Crippen LogP contribution < -0.4 is 16.0 Å². The van der Waals surface area contributed by atoms with Gasteiger partial charge in [-0.25, -0.2) is 9.97 Å². The second-order valence-electron chi connectivity index (χ2n) is 7.82. The summed E-state index contributed by atoms with van der Waals surface area (Å²) in [5, 5.41) is 10.8. The second-order valence-corrected chi connectivity index (χ2v) is 7.82. The van der Waals surface area contributed by atoms with Gasteiger partial charge in [-0.1, -0.05) is 13.8 Å². The number of carbonyl (C=O) groups is 1. The fraction of sp³-hybridized carbons (Fsp3) is 0.391. The molecule has 0 atom stereocenters. The number of aromatic nitrogens is 3. The maximum absolute atomic E-state index is 12.7. The van der Waals surface area contributed by atoms with Crippen LogP contribution in [0.15, 0.2) is 42.9 Å². The largest absolute Gasteiger partial charge is 0.382 e. The van der Waals surface area contributed by atoms with E-state index < -0.39 is 0 Å². The molecule has 1 saturated heterocycles. The number of nitrogens with zero attached hydrogens (tertiary/aromatic N) is 4. The lowest BCUT2D eigenvalue weighted by Gasteiger charge is -2.36. The number of rotatable bonds is 6. The molecule has 1 aliphatic carbocycles. The minimum Gasteiger partial charge on any atom is -0.382 e. The number of nitrogens with one attached hydrogen (secondary N) is 3. The quantitative estimate of drug-likeness (QED) is 0.563. The first kappa shape index (κ1) is 21.0. The minimum atomic E-state index is -0.0818. The molecule has 4 heterocycles. The Morgan fingerprint density at radius 3 is 2.61 bits per heavy atom. The van der Waals surface area contributed by atoms with Crippen LogP contribution in [0.4, 0.5) is 17.3 Å². The number of hydrogen-bond acceptors (Lipinski definition) is 7. The lowest BCUT2D eigenvalue weighted by molar-refractivity contribution is 0.0858. The highest BCUT2D eigenvalue weighted by molar-refractivity contribution is 6.00. The summed E-state index contributed by atoms with van der Waals surface area (Å²) >= 11 is 0. The van der Waals surface area contributed by atoms with Crippen LogP contribution in [0.3, 0.4) is 0 Å². The van der Waals surface area contributed by atoms with E-state index in [1.165, 1.54) is 0 Å². The Labute approximate surface area is 182 Å². The van der Waals surface area contributed by atoms with E-state index in [9.17, 15) is 4.79 Å². The summed E-state index contributed by atoms with van der Waals surface area (Å²) in [6.07, 6.45) is 7.40. The number of carbonyl (C=O) groups excluding carboxylic acids is 1. The zero-order valence-electron chi connectivity index (χ0n) is 18.2. The third kappa shape index (κ3) is 5.08. The fourth-order valence-corrected chi connectivity index (χ4v) is 3.49. The first-order valence-electron chi connectivity index (χ1n) is 10.9. The van der Waals surface area contributed by atoms with Crippen molar-refractivity contribution in [3.8, 4) is 0 Å². The van der Waals surface area contributed by atoms with Gasteiger partial charge in [0.1, 0.15) is 11.6 Å². The van der Waals surface area contributed by atoms with Gasteiger partial charge in [0, 0.05) is 49.2 Å². The van der Waals surface area contributed by atoms with Gasteiger partial charge in [0.15, 0.2) is 0 Å². The minimum absolute atomic E-state index is 0.0818. The Bertz CT molecular complexity index is 1060. The van der Waals surface area contributed by atoms with Crippen molar-refractivity contribution in [1.82, 2.24) is 25.2 Å². The third-order valence-corrected chi connectivity index (χ3v) is 5.23. The molecule has 0 radical (unpaired) electrons. The van der Waals surface area contributed by atoms with E-state index in [0.29, 0.717) is 23.2 Å². The van der Waals surface area contributed by atoms with Crippen LogP contribution in [0.5, 0.6) is 0 Å². The summed E-state index contributed by atoms with van der Waals surface area (Å²) in [4.78, 5) is 28.1. The van der Waals surface area contributed by atoms with E-state index in [4.69, 9.17) is 0 Å². The molecule has 2 aliphatic rings. The van der Waals surface area contributed by atoms with Gasteiger partial charge in [0.2, 0.25) is 0 Å². The molecule has 0 unspecified atom stereocenters. The lowest BCUT2D eigenvalue weighted by Crippen LogP contribution is -2.57. The molecule has 3 N–H and O–H groups in total. The van der Waals surface area contributed by atoms with Crippen molar-refractivity contribution in [1.29, 1.82) is 0 Å².